The number of rotatable bonds is 6. The third-order valence-electron chi connectivity index (χ3n) is 2.72. The van der Waals surface area contributed by atoms with Crippen LogP contribution in [0.1, 0.15) is 52.0 Å². The molecule has 0 saturated carbocycles. The van der Waals surface area contributed by atoms with Crippen molar-refractivity contribution in [2.24, 2.45) is 7.05 Å². The first-order chi connectivity index (χ1) is 6.77. The summed E-state index contributed by atoms with van der Waals surface area (Å²) >= 11 is 0. The minimum Gasteiger partial charge on any atom is -1.00 e. The first kappa shape index (κ1) is 14.5. The minimum absolute atomic E-state index is 0. The Morgan fingerprint density at radius 1 is 1.20 bits per heavy atom. The van der Waals surface area contributed by atoms with Gasteiger partial charge in [-0.15, -0.1) is 0 Å². The molecule has 1 heterocycles. The molecule has 0 radical (unpaired) electrons. The Bertz CT molecular complexity index is 258. The molecule has 0 spiro atoms. The zero-order valence-electron chi connectivity index (χ0n) is 10.1. The molecule has 0 N–H and O–H groups in total. The lowest BCUT2D eigenvalue weighted by Crippen LogP contribution is -3.00. The van der Waals surface area contributed by atoms with E-state index in [0.29, 0.717) is 6.04 Å². The van der Waals surface area contributed by atoms with Crippen LogP contribution in [0.4, 0.5) is 0 Å². The van der Waals surface area contributed by atoms with E-state index in [0.717, 1.165) is 0 Å². The smallest absolute Gasteiger partial charge is 0.243 e. The number of hydrogen-bond donors (Lipinski definition) is 0. The molecule has 3 heteroatoms. The van der Waals surface area contributed by atoms with Crippen molar-refractivity contribution in [2.75, 3.05) is 0 Å². The van der Waals surface area contributed by atoms with E-state index in [9.17, 15) is 0 Å². The summed E-state index contributed by atoms with van der Waals surface area (Å²) in [6, 6.07) is 0.709. The number of nitrogens with zero attached hydrogens (tertiary/aromatic N) is 2. The summed E-state index contributed by atoms with van der Waals surface area (Å²) in [5, 5.41) is 0. The maximum atomic E-state index is 2.36. The first-order valence-corrected chi connectivity index (χ1v) is 5.80. The van der Waals surface area contributed by atoms with Gasteiger partial charge in [0.05, 0.1) is 7.05 Å². The van der Waals surface area contributed by atoms with Crippen molar-refractivity contribution in [2.45, 2.75) is 52.0 Å². The summed E-state index contributed by atoms with van der Waals surface area (Å²) in [7, 11) is 2.08. The average molecular weight is 231 g/mol. The van der Waals surface area contributed by atoms with Crippen LogP contribution in [0.5, 0.6) is 0 Å². The second kappa shape index (κ2) is 7.75. The second-order valence-electron chi connectivity index (χ2n) is 4.11. The lowest BCUT2D eigenvalue weighted by molar-refractivity contribution is -0.671. The van der Waals surface area contributed by atoms with Crippen LogP contribution >= 0.6 is 0 Å². The Morgan fingerprint density at radius 3 is 2.40 bits per heavy atom. The van der Waals surface area contributed by atoms with Gasteiger partial charge >= 0.3 is 0 Å². The van der Waals surface area contributed by atoms with Crippen LogP contribution in [0.3, 0.4) is 0 Å². The molecule has 1 atom stereocenters. The monoisotopic (exact) mass is 230 g/mol. The molecule has 0 fully saturated rings. The van der Waals surface area contributed by atoms with E-state index >= 15 is 0 Å². The maximum Gasteiger partial charge on any atom is 0.243 e. The average Bonchev–Trinajstić information content (AvgIpc) is 2.59. The lowest BCUT2D eigenvalue weighted by atomic mass is 10.1. The van der Waals surface area contributed by atoms with Crippen molar-refractivity contribution in [1.82, 2.24) is 4.57 Å². The van der Waals surface area contributed by atoms with Crippen molar-refractivity contribution >= 4 is 0 Å². The molecule has 0 aliphatic carbocycles. The molecule has 1 aromatic heterocycles. The van der Waals surface area contributed by atoms with Gasteiger partial charge in [0, 0.05) is 0 Å². The molecule has 0 bridgehead atoms. The summed E-state index contributed by atoms with van der Waals surface area (Å²) in [5.41, 5.74) is 0. The Kier molecular flexibility index (Phi) is 7.49. The zero-order chi connectivity index (χ0) is 10.4. The molecule has 0 saturated heterocycles. The molecular weight excluding hydrogens is 208 g/mol. The fraction of sp³-hybridized carbons (Fsp3) is 0.750. The largest absolute Gasteiger partial charge is 1.00 e. The number of hydrogen-bond acceptors (Lipinski definition) is 0. The van der Waals surface area contributed by atoms with Gasteiger partial charge in [0.25, 0.3) is 0 Å². The van der Waals surface area contributed by atoms with Crippen molar-refractivity contribution in [3.63, 3.8) is 0 Å². The van der Waals surface area contributed by atoms with Crippen LogP contribution in [0.15, 0.2) is 18.7 Å². The summed E-state index contributed by atoms with van der Waals surface area (Å²) in [5.74, 6) is 0. The minimum atomic E-state index is 0. The topological polar surface area (TPSA) is 8.81 Å². The number of unbranched alkanes of at least 4 members (excludes halogenated alkanes) is 1. The summed E-state index contributed by atoms with van der Waals surface area (Å²) in [6.45, 7) is 4.53. The molecule has 88 valence electrons. The lowest BCUT2D eigenvalue weighted by Gasteiger charge is -2.11. The fourth-order valence-corrected chi connectivity index (χ4v) is 1.90. The molecule has 2 nitrogen and oxygen atoms in total. The molecule has 1 rings (SSSR count). The van der Waals surface area contributed by atoms with Gasteiger partial charge in [-0.05, 0) is 19.3 Å². The molecular formula is C12H23ClN2. The molecule has 0 aromatic carbocycles. The van der Waals surface area contributed by atoms with Gasteiger partial charge < -0.3 is 12.4 Å². The Labute approximate surface area is 99.7 Å². The fourth-order valence-electron chi connectivity index (χ4n) is 1.90. The molecule has 15 heavy (non-hydrogen) atoms. The van der Waals surface area contributed by atoms with Gasteiger partial charge in [-0.2, -0.15) is 0 Å². The van der Waals surface area contributed by atoms with Gasteiger partial charge in [-0.25, -0.2) is 9.13 Å². The van der Waals surface area contributed by atoms with Crippen molar-refractivity contribution in [1.29, 1.82) is 0 Å². The van der Waals surface area contributed by atoms with E-state index in [1.54, 1.807) is 0 Å². The summed E-state index contributed by atoms with van der Waals surface area (Å²) < 4.78 is 4.48. The number of halogens is 1. The molecule has 0 amide bonds. The van der Waals surface area contributed by atoms with E-state index in [-0.39, 0.29) is 12.4 Å². The van der Waals surface area contributed by atoms with E-state index in [1.807, 2.05) is 0 Å². The van der Waals surface area contributed by atoms with Crippen molar-refractivity contribution < 1.29 is 17.0 Å². The van der Waals surface area contributed by atoms with Gasteiger partial charge in [0.2, 0.25) is 6.33 Å². The van der Waals surface area contributed by atoms with Crippen LogP contribution in [-0.2, 0) is 7.05 Å². The third-order valence-corrected chi connectivity index (χ3v) is 2.72. The Balaban J connectivity index is 0.00000196. The second-order valence-corrected chi connectivity index (χ2v) is 4.11. The van der Waals surface area contributed by atoms with E-state index in [1.165, 1.54) is 32.1 Å². The maximum absolute atomic E-state index is 2.36. The third kappa shape index (κ3) is 4.70. The molecule has 0 aliphatic rings. The Hall–Kier alpha value is -0.500. The quantitative estimate of drug-likeness (QED) is 0.601. The van der Waals surface area contributed by atoms with Crippen LogP contribution < -0.4 is 17.0 Å². The van der Waals surface area contributed by atoms with Crippen LogP contribution in [0.25, 0.3) is 0 Å². The standard InChI is InChI=1S/C12H23N2.ClH/c1-4-6-8-12(7-5-2)14-10-9-13(3)11-14;/h9-12H,4-8H2,1-3H3;1H/q+1;/p-1. The number of imidazole rings is 1. The SMILES string of the molecule is CCCCC(CCC)n1cc[n+](C)c1.[Cl-]. The first-order valence-electron chi connectivity index (χ1n) is 5.80. The van der Waals surface area contributed by atoms with Crippen LogP contribution in [-0.4, -0.2) is 4.57 Å². The van der Waals surface area contributed by atoms with Gasteiger partial charge in [0.15, 0.2) is 0 Å². The molecule has 1 aromatic rings. The van der Waals surface area contributed by atoms with Crippen molar-refractivity contribution in [3.05, 3.63) is 18.7 Å². The summed E-state index contributed by atoms with van der Waals surface area (Å²) in [6.07, 6.45) is 13.0. The number of aromatic nitrogens is 2. The van der Waals surface area contributed by atoms with Gasteiger partial charge in [-0.3, -0.25) is 0 Å². The highest BCUT2D eigenvalue weighted by Gasteiger charge is 2.14. The van der Waals surface area contributed by atoms with Gasteiger partial charge in [0.1, 0.15) is 18.4 Å². The highest BCUT2D eigenvalue weighted by atomic mass is 35.5. The van der Waals surface area contributed by atoms with Gasteiger partial charge in [-0.1, -0.05) is 26.7 Å². The summed E-state index contributed by atoms with van der Waals surface area (Å²) in [4.78, 5) is 0. The van der Waals surface area contributed by atoms with Crippen LogP contribution in [0, 0.1) is 0 Å². The molecule has 1 unspecified atom stereocenters. The van der Waals surface area contributed by atoms with E-state index in [2.05, 4.69) is 48.8 Å². The zero-order valence-corrected chi connectivity index (χ0v) is 10.9. The van der Waals surface area contributed by atoms with E-state index in [4.69, 9.17) is 0 Å². The molecule has 0 aliphatic heterocycles. The van der Waals surface area contributed by atoms with Crippen LogP contribution in [0.2, 0.25) is 0 Å². The Morgan fingerprint density at radius 2 is 1.93 bits per heavy atom. The normalized spacial score (nSPS) is 12.2. The number of aryl methyl sites for hydroxylation is 1. The predicted molar refractivity (Wildman–Crippen MR) is 59.1 cm³/mol. The highest BCUT2D eigenvalue weighted by molar-refractivity contribution is 4.75. The predicted octanol–water partition coefficient (Wildman–Crippen LogP) is -0.152. The van der Waals surface area contributed by atoms with Crippen molar-refractivity contribution in [3.8, 4) is 0 Å². The highest BCUT2D eigenvalue weighted by Crippen LogP contribution is 2.19. The van der Waals surface area contributed by atoms with E-state index < -0.39 is 0 Å².